The van der Waals surface area contributed by atoms with E-state index in [9.17, 15) is 0 Å². The van der Waals surface area contributed by atoms with Crippen LogP contribution in [-0.4, -0.2) is 19.6 Å². The fourth-order valence-electron chi connectivity index (χ4n) is 1.58. The van der Waals surface area contributed by atoms with E-state index in [0.29, 0.717) is 11.4 Å². The first-order valence-electron chi connectivity index (χ1n) is 4.96. The third kappa shape index (κ3) is 1.48. The summed E-state index contributed by atoms with van der Waals surface area (Å²) >= 11 is 1.45. The van der Waals surface area contributed by atoms with Crippen molar-refractivity contribution in [3.63, 3.8) is 0 Å². The van der Waals surface area contributed by atoms with Crippen molar-refractivity contribution in [2.24, 2.45) is 0 Å². The van der Waals surface area contributed by atoms with E-state index >= 15 is 0 Å². The Kier molecular flexibility index (Phi) is 2.13. The molecule has 0 radical (unpaired) electrons. The van der Waals surface area contributed by atoms with Gasteiger partial charge < -0.3 is 0 Å². The summed E-state index contributed by atoms with van der Waals surface area (Å²) in [4.78, 5) is 9.09. The number of pyridine rings is 1. The molecule has 5 nitrogen and oxygen atoms in total. The molecule has 0 saturated carbocycles. The standard InChI is InChI=1S/C11H7N5S/c1-7-9(5-12)16-11(14-7)17-10(15-16)8-3-2-4-13-6-8/h2-4,6H,1H3. The lowest BCUT2D eigenvalue weighted by Crippen LogP contribution is -1.90. The molecule has 0 fully saturated rings. The molecule has 0 unspecified atom stereocenters. The van der Waals surface area contributed by atoms with Crippen molar-refractivity contribution >= 4 is 16.3 Å². The molecule has 0 spiro atoms. The Hall–Kier alpha value is -2.26. The summed E-state index contributed by atoms with van der Waals surface area (Å²) in [5, 5.41) is 14.2. The number of imidazole rings is 1. The van der Waals surface area contributed by atoms with Crippen LogP contribution in [0.3, 0.4) is 0 Å². The minimum Gasteiger partial charge on any atom is -0.264 e. The van der Waals surface area contributed by atoms with Crippen molar-refractivity contribution in [2.75, 3.05) is 0 Å². The number of nitrogens with zero attached hydrogens (tertiary/aromatic N) is 5. The molecule has 3 heterocycles. The van der Waals surface area contributed by atoms with E-state index in [1.54, 1.807) is 16.9 Å². The predicted octanol–water partition coefficient (Wildman–Crippen LogP) is 2.03. The Morgan fingerprint density at radius 3 is 3.06 bits per heavy atom. The van der Waals surface area contributed by atoms with Crippen LogP contribution >= 0.6 is 11.3 Å². The normalized spacial score (nSPS) is 10.6. The van der Waals surface area contributed by atoms with Crippen LogP contribution in [0.5, 0.6) is 0 Å². The molecule has 3 aromatic heterocycles. The molecule has 0 aliphatic rings. The number of fused-ring (bicyclic) bond motifs is 1. The summed E-state index contributed by atoms with van der Waals surface area (Å²) in [6, 6.07) is 5.90. The van der Waals surface area contributed by atoms with Crippen LogP contribution in [0.15, 0.2) is 24.5 Å². The second-order valence-electron chi connectivity index (χ2n) is 3.50. The van der Waals surface area contributed by atoms with E-state index in [1.165, 1.54) is 11.3 Å². The van der Waals surface area contributed by atoms with Gasteiger partial charge in [0, 0.05) is 18.0 Å². The van der Waals surface area contributed by atoms with Crippen LogP contribution in [0.1, 0.15) is 11.4 Å². The molecule has 0 N–H and O–H groups in total. The van der Waals surface area contributed by atoms with E-state index in [-0.39, 0.29) is 0 Å². The highest BCUT2D eigenvalue weighted by molar-refractivity contribution is 7.19. The Labute approximate surface area is 101 Å². The lowest BCUT2D eigenvalue weighted by molar-refractivity contribution is 0.955. The maximum Gasteiger partial charge on any atom is 0.213 e. The van der Waals surface area contributed by atoms with Crippen LogP contribution in [0.25, 0.3) is 15.5 Å². The second kappa shape index (κ2) is 3.64. The average molecular weight is 241 g/mol. The summed E-state index contributed by atoms with van der Waals surface area (Å²) in [6.45, 7) is 1.81. The number of hydrogen-bond acceptors (Lipinski definition) is 5. The summed E-state index contributed by atoms with van der Waals surface area (Å²) in [6.07, 6.45) is 3.46. The molecular weight excluding hydrogens is 234 g/mol. The highest BCUT2D eigenvalue weighted by atomic mass is 32.1. The lowest BCUT2D eigenvalue weighted by Gasteiger charge is -1.92. The van der Waals surface area contributed by atoms with Crippen molar-refractivity contribution in [1.29, 1.82) is 5.26 Å². The fourth-order valence-corrected chi connectivity index (χ4v) is 2.52. The number of aryl methyl sites for hydroxylation is 1. The number of rotatable bonds is 1. The molecule has 17 heavy (non-hydrogen) atoms. The molecule has 0 bridgehead atoms. The van der Waals surface area contributed by atoms with Gasteiger partial charge in [-0.1, -0.05) is 11.3 Å². The Morgan fingerprint density at radius 1 is 1.47 bits per heavy atom. The van der Waals surface area contributed by atoms with Gasteiger partial charge in [0.05, 0.1) is 5.69 Å². The van der Waals surface area contributed by atoms with Gasteiger partial charge in [-0.2, -0.15) is 14.9 Å². The largest absolute Gasteiger partial charge is 0.264 e. The first kappa shape index (κ1) is 9.93. The summed E-state index contributed by atoms with van der Waals surface area (Å²) in [5.74, 6) is 0. The van der Waals surface area contributed by atoms with Crippen LogP contribution < -0.4 is 0 Å². The molecule has 82 valence electrons. The molecule has 3 rings (SSSR count). The van der Waals surface area contributed by atoms with Crippen LogP contribution in [0.2, 0.25) is 0 Å². The van der Waals surface area contributed by atoms with Gasteiger partial charge in [0.1, 0.15) is 11.1 Å². The lowest BCUT2D eigenvalue weighted by atomic mass is 10.3. The van der Waals surface area contributed by atoms with Crippen molar-refractivity contribution in [3.8, 4) is 16.6 Å². The van der Waals surface area contributed by atoms with Crippen LogP contribution in [0.4, 0.5) is 0 Å². The SMILES string of the molecule is Cc1nc2sc(-c3cccnc3)nn2c1C#N. The molecule has 6 heteroatoms. The molecule has 3 aromatic rings. The molecule has 0 aliphatic carbocycles. The molecule has 0 aromatic carbocycles. The highest BCUT2D eigenvalue weighted by Gasteiger charge is 2.14. The Bertz CT molecular complexity index is 719. The molecule has 0 saturated heterocycles. The van der Waals surface area contributed by atoms with Gasteiger partial charge in [0.2, 0.25) is 4.96 Å². The van der Waals surface area contributed by atoms with E-state index in [1.807, 2.05) is 19.1 Å². The van der Waals surface area contributed by atoms with Crippen LogP contribution in [-0.2, 0) is 0 Å². The van der Waals surface area contributed by atoms with Gasteiger partial charge in [-0.25, -0.2) is 4.98 Å². The van der Waals surface area contributed by atoms with E-state index in [2.05, 4.69) is 21.1 Å². The monoisotopic (exact) mass is 241 g/mol. The van der Waals surface area contributed by atoms with E-state index < -0.39 is 0 Å². The smallest absolute Gasteiger partial charge is 0.213 e. The summed E-state index contributed by atoms with van der Waals surface area (Å²) in [5.41, 5.74) is 2.14. The van der Waals surface area contributed by atoms with Crippen molar-refractivity contribution in [1.82, 2.24) is 19.6 Å². The zero-order chi connectivity index (χ0) is 11.8. The highest BCUT2D eigenvalue weighted by Crippen LogP contribution is 2.26. The molecule has 0 amide bonds. The first-order chi connectivity index (χ1) is 8.29. The zero-order valence-electron chi connectivity index (χ0n) is 8.95. The van der Waals surface area contributed by atoms with Crippen molar-refractivity contribution in [3.05, 3.63) is 35.9 Å². The van der Waals surface area contributed by atoms with E-state index in [0.717, 1.165) is 15.5 Å². The molecule has 0 atom stereocenters. The van der Waals surface area contributed by atoms with Gasteiger partial charge in [0.15, 0.2) is 5.69 Å². The number of hydrogen-bond donors (Lipinski definition) is 0. The predicted molar refractivity (Wildman–Crippen MR) is 63.5 cm³/mol. The van der Waals surface area contributed by atoms with Crippen molar-refractivity contribution in [2.45, 2.75) is 6.92 Å². The van der Waals surface area contributed by atoms with Gasteiger partial charge >= 0.3 is 0 Å². The van der Waals surface area contributed by atoms with Gasteiger partial charge in [-0.15, -0.1) is 0 Å². The van der Waals surface area contributed by atoms with Gasteiger partial charge in [-0.3, -0.25) is 4.98 Å². The van der Waals surface area contributed by atoms with Gasteiger partial charge in [-0.05, 0) is 19.1 Å². The van der Waals surface area contributed by atoms with Gasteiger partial charge in [0.25, 0.3) is 0 Å². The minimum atomic E-state index is 0.492. The van der Waals surface area contributed by atoms with Crippen LogP contribution in [0, 0.1) is 18.3 Å². The van der Waals surface area contributed by atoms with Crippen molar-refractivity contribution < 1.29 is 0 Å². The second-order valence-corrected chi connectivity index (χ2v) is 4.46. The topological polar surface area (TPSA) is 66.9 Å². The average Bonchev–Trinajstić information content (AvgIpc) is 2.86. The number of nitriles is 1. The minimum absolute atomic E-state index is 0.492. The summed E-state index contributed by atoms with van der Waals surface area (Å²) in [7, 11) is 0. The quantitative estimate of drug-likeness (QED) is 0.653. The Morgan fingerprint density at radius 2 is 2.35 bits per heavy atom. The third-order valence-corrected chi connectivity index (χ3v) is 3.35. The molecular formula is C11H7N5S. The van der Waals surface area contributed by atoms with E-state index in [4.69, 9.17) is 5.26 Å². The fraction of sp³-hybridized carbons (Fsp3) is 0.0909. The Balaban J connectivity index is 2.22. The zero-order valence-corrected chi connectivity index (χ0v) is 9.77. The molecule has 0 aliphatic heterocycles. The first-order valence-corrected chi connectivity index (χ1v) is 5.78. The third-order valence-electron chi connectivity index (χ3n) is 2.39. The summed E-state index contributed by atoms with van der Waals surface area (Å²) < 4.78 is 1.59. The maximum atomic E-state index is 9.03. The maximum absolute atomic E-state index is 9.03. The number of aromatic nitrogens is 4.